The van der Waals surface area contributed by atoms with Gasteiger partial charge in [-0.2, -0.15) is 0 Å². The lowest BCUT2D eigenvalue weighted by atomic mass is 10.3. The molecule has 0 atom stereocenters. The number of amides is 1. The minimum absolute atomic E-state index is 0.124. The zero-order chi connectivity index (χ0) is 10.2. The maximum Gasteiger partial charge on any atom is 0.409 e. The van der Waals surface area contributed by atoms with Gasteiger partial charge < -0.3 is 9.64 Å². The molecule has 0 aromatic heterocycles. The molecule has 14 heavy (non-hydrogen) atoms. The number of hydrogen-bond acceptors (Lipinski definition) is 2. The van der Waals surface area contributed by atoms with Crippen molar-refractivity contribution in [2.24, 2.45) is 0 Å². The lowest BCUT2D eigenvalue weighted by Crippen LogP contribution is -2.28. The highest BCUT2D eigenvalue weighted by Gasteiger charge is 2.18. The summed E-state index contributed by atoms with van der Waals surface area (Å²) in [6.45, 7) is 2.32. The third-order valence-electron chi connectivity index (χ3n) is 2.37. The molecule has 0 aromatic carbocycles. The number of rotatable bonds is 5. The predicted octanol–water partition coefficient (Wildman–Crippen LogP) is 2.78. The van der Waals surface area contributed by atoms with Crippen molar-refractivity contribution in [3.05, 3.63) is 0 Å². The van der Waals surface area contributed by atoms with Crippen molar-refractivity contribution in [3.8, 4) is 0 Å². The third-order valence-corrected chi connectivity index (χ3v) is 2.93. The fourth-order valence-corrected chi connectivity index (χ4v) is 1.92. The number of ether oxygens (including phenoxy) is 1. The highest BCUT2D eigenvalue weighted by atomic mass is 79.9. The first-order chi connectivity index (χ1) is 6.84. The Labute approximate surface area is 93.9 Å². The zero-order valence-corrected chi connectivity index (χ0v) is 10.1. The summed E-state index contributed by atoms with van der Waals surface area (Å²) in [6, 6.07) is 0. The molecule has 0 bridgehead atoms. The molecule has 1 rings (SSSR count). The molecule has 0 aliphatic carbocycles. The summed E-state index contributed by atoms with van der Waals surface area (Å²) in [6.07, 6.45) is 5.38. The van der Waals surface area contributed by atoms with Crippen molar-refractivity contribution in [1.29, 1.82) is 0 Å². The van der Waals surface area contributed by atoms with Gasteiger partial charge in [-0.05, 0) is 32.1 Å². The topological polar surface area (TPSA) is 29.5 Å². The first-order valence-corrected chi connectivity index (χ1v) is 6.44. The molecule has 1 aliphatic rings. The Bertz CT molecular complexity index is 170. The summed E-state index contributed by atoms with van der Waals surface area (Å²) in [4.78, 5) is 13.2. The van der Waals surface area contributed by atoms with Crippen LogP contribution in [0, 0.1) is 0 Å². The van der Waals surface area contributed by atoms with Gasteiger partial charge >= 0.3 is 6.09 Å². The normalized spacial score (nSPS) is 15.9. The minimum atomic E-state index is -0.124. The van der Waals surface area contributed by atoms with E-state index in [0.717, 1.165) is 50.5 Å². The van der Waals surface area contributed by atoms with Gasteiger partial charge in [-0.15, -0.1) is 0 Å². The van der Waals surface area contributed by atoms with Crippen LogP contribution in [0.3, 0.4) is 0 Å². The van der Waals surface area contributed by atoms with Crippen LogP contribution >= 0.6 is 15.9 Å². The maximum atomic E-state index is 11.4. The number of carbonyl (C=O) groups is 1. The molecule has 82 valence electrons. The number of halogens is 1. The van der Waals surface area contributed by atoms with E-state index in [0.29, 0.717) is 6.61 Å². The van der Waals surface area contributed by atoms with Crippen LogP contribution in [0.15, 0.2) is 0 Å². The Balaban J connectivity index is 1.97. The predicted molar refractivity (Wildman–Crippen MR) is 59.8 cm³/mol. The molecule has 0 unspecified atom stereocenters. The van der Waals surface area contributed by atoms with Crippen molar-refractivity contribution >= 4 is 22.0 Å². The highest BCUT2D eigenvalue weighted by Crippen LogP contribution is 2.09. The van der Waals surface area contributed by atoms with E-state index in [-0.39, 0.29) is 6.09 Å². The number of hydrogen-bond donors (Lipinski definition) is 0. The van der Waals surface area contributed by atoms with Crippen LogP contribution in [0.5, 0.6) is 0 Å². The maximum absolute atomic E-state index is 11.4. The van der Waals surface area contributed by atoms with Crippen molar-refractivity contribution in [1.82, 2.24) is 4.90 Å². The molecular formula is C10H18BrNO2. The Hall–Kier alpha value is -0.250. The Morgan fingerprint density at radius 1 is 1.21 bits per heavy atom. The second kappa shape index (κ2) is 7.10. The van der Waals surface area contributed by atoms with Crippen LogP contribution in [0.25, 0.3) is 0 Å². The Kier molecular flexibility index (Phi) is 5.99. The van der Waals surface area contributed by atoms with E-state index in [1.807, 2.05) is 0 Å². The van der Waals surface area contributed by atoms with Gasteiger partial charge in [0.1, 0.15) is 0 Å². The standard InChI is InChI=1S/C10H18BrNO2/c11-6-2-1-5-9-14-10(13)12-7-3-4-8-12/h1-9H2. The lowest BCUT2D eigenvalue weighted by molar-refractivity contribution is 0.109. The van der Waals surface area contributed by atoms with Crippen LogP contribution in [0.1, 0.15) is 32.1 Å². The van der Waals surface area contributed by atoms with Crippen LogP contribution in [-0.2, 0) is 4.74 Å². The molecule has 0 N–H and O–H groups in total. The van der Waals surface area contributed by atoms with Crippen LogP contribution < -0.4 is 0 Å². The highest BCUT2D eigenvalue weighted by molar-refractivity contribution is 9.09. The van der Waals surface area contributed by atoms with E-state index in [1.54, 1.807) is 4.90 Å². The van der Waals surface area contributed by atoms with Crippen LogP contribution in [0.4, 0.5) is 4.79 Å². The van der Waals surface area contributed by atoms with Gasteiger partial charge in [-0.3, -0.25) is 0 Å². The van der Waals surface area contributed by atoms with Crippen molar-refractivity contribution in [3.63, 3.8) is 0 Å². The number of likely N-dealkylation sites (tertiary alicyclic amines) is 1. The summed E-state index contributed by atoms with van der Waals surface area (Å²) in [5, 5.41) is 1.03. The van der Waals surface area contributed by atoms with Gasteiger partial charge in [0, 0.05) is 18.4 Å². The molecule has 1 heterocycles. The van der Waals surface area contributed by atoms with Gasteiger partial charge in [-0.1, -0.05) is 15.9 Å². The monoisotopic (exact) mass is 263 g/mol. The summed E-state index contributed by atoms with van der Waals surface area (Å²) in [5.41, 5.74) is 0. The molecule has 3 nitrogen and oxygen atoms in total. The van der Waals surface area contributed by atoms with Gasteiger partial charge in [-0.25, -0.2) is 4.79 Å². The van der Waals surface area contributed by atoms with Crippen molar-refractivity contribution in [2.45, 2.75) is 32.1 Å². The van der Waals surface area contributed by atoms with Crippen LogP contribution in [0.2, 0.25) is 0 Å². The third kappa shape index (κ3) is 4.31. The van der Waals surface area contributed by atoms with E-state index in [9.17, 15) is 4.79 Å². The Morgan fingerprint density at radius 2 is 1.93 bits per heavy atom. The quantitative estimate of drug-likeness (QED) is 0.564. The average molecular weight is 264 g/mol. The van der Waals surface area contributed by atoms with E-state index < -0.39 is 0 Å². The summed E-state index contributed by atoms with van der Waals surface area (Å²) in [5.74, 6) is 0. The number of unbranched alkanes of at least 4 members (excludes halogenated alkanes) is 2. The minimum Gasteiger partial charge on any atom is -0.449 e. The number of alkyl halides is 1. The first-order valence-electron chi connectivity index (χ1n) is 5.32. The van der Waals surface area contributed by atoms with Gasteiger partial charge in [0.15, 0.2) is 0 Å². The first kappa shape index (κ1) is 11.8. The second-order valence-corrected chi connectivity index (χ2v) is 4.35. The van der Waals surface area contributed by atoms with E-state index in [1.165, 1.54) is 0 Å². The number of nitrogens with zero attached hydrogens (tertiary/aromatic N) is 1. The van der Waals surface area contributed by atoms with E-state index in [2.05, 4.69) is 15.9 Å². The summed E-state index contributed by atoms with van der Waals surface area (Å²) < 4.78 is 5.14. The van der Waals surface area contributed by atoms with Gasteiger partial charge in [0.2, 0.25) is 0 Å². The molecule has 1 amide bonds. The van der Waals surface area contributed by atoms with Crippen LogP contribution in [-0.4, -0.2) is 36.0 Å². The van der Waals surface area contributed by atoms with Crippen molar-refractivity contribution in [2.75, 3.05) is 25.0 Å². The average Bonchev–Trinajstić information content (AvgIpc) is 2.70. The van der Waals surface area contributed by atoms with Crippen molar-refractivity contribution < 1.29 is 9.53 Å². The largest absolute Gasteiger partial charge is 0.449 e. The molecule has 1 fully saturated rings. The second-order valence-electron chi connectivity index (χ2n) is 3.56. The fraction of sp³-hybridized carbons (Fsp3) is 0.900. The molecule has 4 heteroatoms. The summed E-state index contributed by atoms with van der Waals surface area (Å²) in [7, 11) is 0. The molecule has 0 radical (unpaired) electrons. The SMILES string of the molecule is O=C(OCCCCCBr)N1CCCC1. The molecular weight excluding hydrogens is 246 g/mol. The summed E-state index contributed by atoms with van der Waals surface area (Å²) >= 11 is 3.37. The van der Waals surface area contributed by atoms with Gasteiger partial charge in [0.05, 0.1) is 6.61 Å². The molecule has 0 saturated carbocycles. The smallest absolute Gasteiger partial charge is 0.409 e. The molecule has 1 saturated heterocycles. The molecule has 0 aromatic rings. The molecule has 1 aliphatic heterocycles. The lowest BCUT2D eigenvalue weighted by Gasteiger charge is -2.14. The fourth-order valence-electron chi connectivity index (χ4n) is 1.52. The number of carbonyl (C=O) groups excluding carboxylic acids is 1. The zero-order valence-electron chi connectivity index (χ0n) is 8.51. The molecule has 0 spiro atoms. The van der Waals surface area contributed by atoms with E-state index >= 15 is 0 Å². The Morgan fingerprint density at radius 3 is 2.57 bits per heavy atom. The van der Waals surface area contributed by atoms with Gasteiger partial charge in [0.25, 0.3) is 0 Å². The van der Waals surface area contributed by atoms with E-state index in [4.69, 9.17) is 4.74 Å².